The van der Waals surface area contributed by atoms with E-state index in [1.54, 1.807) is 19.1 Å². The average Bonchev–Trinajstić information content (AvgIpc) is 3.00. The summed E-state index contributed by atoms with van der Waals surface area (Å²) in [6, 6.07) is 3.42. The van der Waals surface area contributed by atoms with Crippen molar-refractivity contribution in [1.82, 2.24) is 15.5 Å². The van der Waals surface area contributed by atoms with E-state index in [2.05, 4.69) is 15.5 Å². The molecule has 1 aromatic rings. The van der Waals surface area contributed by atoms with Gasteiger partial charge in [-0.1, -0.05) is 20.8 Å². The number of carbonyl (C=O) groups is 4. The Labute approximate surface area is 180 Å². The molecule has 168 valence electrons. The number of nitrogens with one attached hydrogen (secondary N) is 1. The number of hydroxylamine groups is 2. The molecule has 1 aliphatic heterocycles. The lowest BCUT2D eigenvalue weighted by molar-refractivity contribution is -0.197. The number of hydrogen-bond donors (Lipinski definition) is 1. The number of nitrogens with zero attached hydrogens (tertiary/aromatic N) is 3. The lowest BCUT2D eigenvalue weighted by Crippen LogP contribution is -2.32. The highest BCUT2D eigenvalue weighted by molar-refractivity contribution is 6.01. The highest BCUT2D eigenvalue weighted by Gasteiger charge is 2.32. The number of pyridine rings is 1. The van der Waals surface area contributed by atoms with Crippen LogP contribution in [0.5, 0.6) is 5.75 Å². The van der Waals surface area contributed by atoms with Crippen LogP contribution in [0.15, 0.2) is 23.4 Å². The Morgan fingerprint density at radius 2 is 1.87 bits per heavy atom. The van der Waals surface area contributed by atoms with Gasteiger partial charge in [0, 0.05) is 19.3 Å². The molecule has 0 bridgehead atoms. The number of hydrogen-bond acceptors (Lipinski definition) is 8. The normalized spacial score (nSPS) is 14.6. The molecule has 0 spiro atoms. The minimum absolute atomic E-state index is 0.00258. The highest BCUT2D eigenvalue weighted by Crippen LogP contribution is 2.18. The van der Waals surface area contributed by atoms with Gasteiger partial charge in [0.05, 0.1) is 30.6 Å². The third-order valence-electron chi connectivity index (χ3n) is 4.14. The number of aromatic nitrogens is 1. The average molecular weight is 432 g/mol. The van der Waals surface area contributed by atoms with Crippen molar-refractivity contribution in [3.8, 4) is 5.75 Å². The molecule has 0 atom stereocenters. The molecule has 0 saturated carbocycles. The summed E-state index contributed by atoms with van der Waals surface area (Å²) in [7, 11) is 0. The first-order valence-corrected chi connectivity index (χ1v) is 10.0. The molecule has 0 unspecified atom stereocenters. The zero-order chi connectivity index (χ0) is 23.0. The van der Waals surface area contributed by atoms with Crippen LogP contribution in [0.1, 0.15) is 65.5 Å². The minimum Gasteiger partial charge on any atom is -0.492 e. The van der Waals surface area contributed by atoms with Gasteiger partial charge in [0.25, 0.3) is 11.8 Å². The molecule has 10 nitrogen and oxygen atoms in total. The second kappa shape index (κ2) is 10.6. The van der Waals surface area contributed by atoms with E-state index >= 15 is 0 Å². The van der Waals surface area contributed by atoms with Gasteiger partial charge in [0.1, 0.15) is 5.75 Å². The monoisotopic (exact) mass is 432 g/mol. The predicted molar refractivity (Wildman–Crippen MR) is 111 cm³/mol. The second-order valence-corrected chi connectivity index (χ2v) is 8.35. The first-order chi connectivity index (χ1) is 14.5. The number of amides is 3. The fraction of sp³-hybridized carbons (Fsp3) is 0.524. The summed E-state index contributed by atoms with van der Waals surface area (Å²) in [5.41, 5.74) is 3.55. The van der Waals surface area contributed by atoms with Crippen LogP contribution in [-0.4, -0.2) is 46.1 Å². The van der Waals surface area contributed by atoms with Gasteiger partial charge >= 0.3 is 5.97 Å². The van der Waals surface area contributed by atoms with Crippen molar-refractivity contribution in [1.29, 1.82) is 0 Å². The van der Waals surface area contributed by atoms with Gasteiger partial charge in [0.2, 0.25) is 5.91 Å². The zero-order valence-electron chi connectivity index (χ0n) is 18.3. The molecule has 10 heteroatoms. The smallest absolute Gasteiger partial charge is 0.333 e. The van der Waals surface area contributed by atoms with Gasteiger partial charge in [-0.05, 0) is 30.9 Å². The Hall–Kier alpha value is -3.30. The molecule has 1 saturated heterocycles. The molecule has 1 aromatic heterocycles. The van der Waals surface area contributed by atoms with Crippen LogP contribution in [0, 0.1) is 5.41 Å². The van der Waals surface area contributed by atoms with E-state index < -0.39 is 17.8 Å². The van der Waals surface area contributed by atoms with E-state index in [1.807, 2.05) is 20.8 Å². The van der Waals surface area contributed by atoms with Crippen molar-refractivity contribution in [2.24, 2.45) is 10.5 Å². The van der Waals surface area contributed by atoms with Crippen molar-refractivity contribution in [2.45, 2.75) is 59.8 Å². The second-order valence-electron chi connectivity index (χ2n) is 8.35. The molecule has 2 rings (SSSR count). The number of ether oxygens (including phenoxy) is 1. The fourth-order valence-electron chi connectivity index (χ4n) is 2.62. The Bertz CT molecular complexity index is 842. The third-order valence-corrected chi connectivity index (χ3v) is 4.14. The summed E-state index contributed by atoms with van der Waals surface area (Å²) >= 11 is 0. The van der Waals surface area contributed by atoms with Crippen LogP contribution in [0.3, 0.4) is 0 Å². The lowest BCUT2D eigenvalue weighted by Gasteiger charge is -2.16. The standard InChI is InChI=1S/C21H28N4O6/c1-14(23-24-17(26)12-21(2,3)4)16-8-7-15(13-22-16)30-11-5-6-20(29)31-25-18(27)9-10-19(25)28/h7-8,13H,5-6,9-12H2,1-4H3,(H,24,26)/b23-14-. The largest absolute Gasteiger partial charge is 0.492 e. The first-order valence-electron chi connectivity index (χ1n) is 10.0. The van der Waals surface area contributed by atoms with E-state index in [-0.39, 0.29) is 37.2 Å². The maximum Gasteiger partial charge on any atom is 0.333 e. The van der Waals surface area contributed by atoms with Crippen LogP contribution in [0.25, 0.3) is 0 Å². The van der Waals surface area contributed by atoms with E-state index in [4.69, 9.17) is 9.57 Å². The van der Waals surface area contributed by atoms with Crippen LogP contribution in [0.2, 0.25) is 0 Å². The van der Waals surface area contributed by atoms with Gasteiger partial charge in [-0.2, -0.15) is 5.10 Å². The molecule has 1 aliphatic rings. The van der Waals surface area contributed by atoms with Gasteiger partial charge < -0.3 is 9.57 Å². The summed E-state index contributed by atoms with van der Waals surface area (Å²) in [5, 5.41) is 4.60. The van der Waals surface area contributed by atoms with E-state index in [1.165, 1.54) is 6.20 Å². The first kappa shape index (κ1) is 24.0. The molecule has 3 amide bonds. The quantitative estimate of drug-likeness (QED) is 0.274. The molecule has 31 heavy (non-hydrogen) atoms. The summed E-state index contributed by atoms with van der Waals surface area (Å²) in [6.45, 7) is 7.89. The summed E-state index contributed by atoms with van der Waals surface area (Å²) in [5.74, 6) is -1.34. The highest BCUT2D eigenvalue weighted by atomic mass is 16.7. The minimum atomic E-state index is -0.666. The number of hydrazone groups is 1. The molecule has 0 radical (unpaired) electrons. The van der Waals surface area contributed by atoms with E-state index in [0.717, 1.165) is 0 Å². The van der Waals surface area contributed by atoms with Crippen molar-refractivity contribution in [2.75, 3.05) is 6.61 Å². The molecule has 1 fully saturated rings. The summed E-state index contributed by atoms with van der Waals surface area (Å²) < 4.78 is 5.53. The van der Waals surface area contributed by atoms with E-state index in [9.17, 15) is 19.2 Å². The molecular formula is C21H28N4O6. The van der Waals surface area contributed by atoms with Gasteiger partial charge in [-0.15, -0.1) is 5.06 Å². The summed E-state index contributed by atoms with van der Waals surface area (Å²) in [4.78, 5) is 55.4. The maximum atomic E-state index is 11.8. The molecule has 2 heterocycles. The third kappa shape index (κ3) is 8.15. The molecular weight excluding hydrogens is 404 g/mol. The molecule has 1 N–H and O–H groups in total. The predicted octanol–water partition coefficient (Wildman–Crippen LogP) is 2.12. The van der Waals surface area contributed by atoms with E-state index in [0.29, 0.717) is 35.1 Å². The molecule has 0 aliphatic carbocycles. The zero-order valence-corrected chi connectivity index (χ0v) is 18.3. The van der Waals surface area contributed by atoms with Crippen molar-refractivity contribution in [3.63, 3.8) is 0 Å². The lowest BCUT2D eigenvalue weighted by atomic mass is 9.92. The van der Waals surface area contributed by atoms with Crippen molar-refractivity contribution >= 4 is 29.4 Å². The van der Waals surface area contributed by atoms with Crippen LogP contribution in [0.4, 0.5) is 0 Å². The molecule has 0 aromatic carbocycles. The Kier molecular flexibility index (Phi) is 8.23. The Balaban J connectivity index is 1.72. The van der Waals surface area contributed by atoms with Crippen LogP contribution < -0.4 is 10.2 Å². The number of carbonyl (C=O) groups excluding carboxylic acids is 4. The van der Waals surface area contributed by atoms with Crippen molar-refractivity contribution < 1.29 is 28.8 Å². The summed E-state index contributed by atoms with van der Waals surface area (Å²) in [6.07, 6.45) is 2.35. The van der Waals surface area contributed by atoms with Crippen LogP contribution in [-0.2, 0) is 24.0 Å². The van der Waals surface area contributed by atoms with Gasteiger partial charge in [-0.3, -0.25) is 19.4 Å². The van der Waals surface area contributed by atoms with Crippen LogP contribution >= 0.6 is 0 Å². The Morgan fingerprint density at radius 1 is 1.19 bits per heavy atom. The number of imide groups is 1. The fourth-order valence-corrected chi connectivity index (χ4v) is 2.62. The number of rotatable bonds is 9. The van der Waals surface area contributed by atoms with Gasteiger partial charge in [-0.25, -0.2) is 10.2 Å². The van der Waals surface area contributed by atoms with Crippen molar-refractivity contribution in [3.05, 3.63) is 24.0 Å². The topological polar surface area (TPSA) is 127 Å². The maximum absolute atomic E-state index is 11.8. The van der Waals surface area contributed by atoms with Gasteiger partial charge in [0.15, 0.2) is 0 Å². The Morgan fingerprint density at radius 3 is 2.45 bits per heavy atom. The SMILES string of the molecule is C/C(=N/NC(=O)CC(C)(C)C)c1ccc(OCCCC(=O)ON2C(=O)CCC2=O)cn1.